The average molecular weight is 393 g/mol. The molecule has 0 unspecified atom stereocenters. The maximum Gasteiger partial charge on any atom is 0.248 e. The Bertz CT molecular complexity index is 891. The summed E-state index contributed by atoms with van der Waals surface area (Å²) in [6.45, 7) is 5.39. The van der Waals surface area contributed by atoms with Crippen molar-refractivity contribution in [2.75, 3.05) is 22.1 Å². The Morgan fingerprint density at radius 2 is 1.69 bits per heavy atom. The number of sulfonamides is 1. The van der Waals surface area contributed by atoms with E-state index in [1.54, 1.807) is 25.1 Å². The molecule has 0 spiro atoms. The smallest absolute Gasteiger partial charge is 0.248 e. The summed E-state index contributed by atoms with van der Waals surface area (Å²) in [4.78, 5) is 13.7. The Kier molecular flexibility index (Phi) is 6.36. The van der Waals surface area contributed by atoms with Gasteiger partial charge in [0.05, 0.1) is 17.6 Å². The molecule has 1 amide bonds. The fraction of sp³-hybridized carbons (Fsp3) is 0.316. The number of aryl methyl sites for hydroxylation is 2. The third-order valence-electron chi connectivity index (χ3n) is 3.91. The molecular formula is C19H24N2O3S2. The van der Waals surface area contributed by atoms with E-state index >= 15 is 0 Å². The zero-order chi connectivity index (χ0) is 19.5. The lowest BCUT2D eigenvalue weighted by Gasteiger charge is -2.29. The predicted octanol–water partition coefficient (Wildman–Crippen LogP) is 3.82. The SMILES string of the molecule is CSc1ccccc1NC(=O)[C@@H](C)N(c1cc(C)cc(C)c1)S(C)(=O)=O. The maximum atomic E-state index is 12.8. The molecule has 140 valence electrons. The third-order valence-corrected chi connectivity index (χ3v) is 5.95. The molecular weight excluding hydrogens is 368 g/mol. The van der Waals surface area contributed by atoms with Gasteiger partial charge in [-0.15, -0.1) is 11.8 Å². The highest BCUT2D eigenvalue weighted by Gasteiger charge is 2.29. The fourth-order valence-electron chi connectivity index (χ4n) is 2.87. The number of para-hydroxylation sites is 1. The molecule has 0 aliphatic rings. The summed E-state index contributed by atoms with van der Waals surface area (Å²) in [6.07, 6.45) is 3.04. The minimum atomic E-state index is -3.64. The average Bonchev–Trinajstić information content (AvgIpc) is 2.53. The molecule has 0 bridgehead atoms. The van der Waals surface area contributed by atoms with E-state index < -0.39 is 16.1 Å². The van der Waals surface area contributed by atoms with Crippen LogP contribution in [0.25, 0.3) is 0 Å². The van der Waals surface area contributed by atoms with Gasteiger partial charge in [0.1, 0.15) is 6.04 Å². The topological polar surface area (TPSA) is 66.5 Å². The lowest BCUT2D eigenvalue weighted by Crippen LogP contribution is -2.45. The van der Waals surface area contributed by atoms with Crippen LogP contribution in [0.4, 0.5) is 11.4 Å². The molecule has 7 heteroatoms. The van der Waals surface area contributed by atoms with Crippen molar-refractivity contribution in [2.45, 2.75) is 31.7 Å². The van der Waals surface area contributed by atoms with Gasteiger partial charge in [-0.2, -0.15) is 0 Å². The van der Waals surface area contributed by atoms with Crippen molar-refractivity contribution in [1.29, 1.82) is 0 Å². The number of thioether (sulfide) groups is 1. The molecule has 0 saturated carbocycles. The fourth-order valence-corrected chi connectivity index (χ4v) is 4.58. The molecule has 0 heterocycles. The van der Waals surface area contributed by atoms with E-state index in [1.165, 1.54) is 16.1 Å². The Morgan fingerprint density at radius 3 is 2.23 bits per heavy atom. The van der Waals surface area contributed by atoms with E-state index in [0.29, 0.717) is 11.4 Å². The highest BCUT2D eigenvalue weighted by molar-refractivity contribution is 7.98. The molecule has 1 N–H and O–H groups in total. The lowest BCUT2D eigenvalue weighted by atomic mass is 10.1. The molecule has 2 rings (SSSR count). The van der Waals surface area contributed by atoms with Crippen LogP contribution in [0.3, 0.4) is 0 Å². The van der Waals surface area contributed by atoms with Crippen LogP contribution in [0.1, 0.15) is 18.1 Å². The zero-order valence-electron chi connectivity index (χ0n) is 15.6. The highest BCUT2D eigenvalue weighted by atomic mass is 32.2. The van der Waals surface area contributed by atoms with Gasteiger partial charge >= 0.3 is 0 Å². The Hall–Kier alpha value is -1.99. The summed E-state index contributed by atoms with van der Waals surface area (Å²) < 4.78 is 26.0. The van der Waals surface area contributed by atoms with Gasteiger partial charge < -0.3 is 5.32 Å². The van der Waals surface area contributed by atoms with Crippen LogP contribution < -0.4 is 9.62 Å². The molecule has 5 nitrogen and oxygen atoms in total. The quantitative estimate of drug-likeness (QED) is 0.759. The van der Waals surface area contributed by atoms with Crippen molar-refractivity contribution in [3.05, 3.63) is 53.6 Å². The van der Waals surface area contributed by atoms with Crippen LogP contribution in [-0.2, 0) is 14.8 Å². The van der Waals surface area contributed by atoms with E-state index in [1.807, 2.05) is 44.4 Å². The zero-order valence-corrected chi connectivity index (χ0v) is 17.2. The summed E-state index contributed by atoms with van der Waals surface area (Å²) >= 11 is 1.52. The molecule has 2 aromatic carbocycles. The summed E-state index contributed by atoms with van der Waals surface area (Å²) in [5.41, 5.74) is 3.04. The number of nitrogens with zero attached hydrogens (tertiary/aromatic N) is 1. The van der Waals surface area contributed by atoms with E-state index in [2.05, 4.69) is 5.32 Å². The summed E-state index contributed by atoms with van der Waals surface area (Å²) in [6, 6.07) is 12.1. The van der Waals surface area contributed by atoms with Gasteiger partial charge in [0.25, 0.3) is 0 Å². The Balaban J connectivity index is 2.38. The number of hydrogen-bond acceptors (Lipinski definition) is 4. The van der Waals surface area contributed by atoms with Crippen LogP contribution in [0.5, 0.6) is 0 Å². The van der Waals surface area contributed by atoms with Crippen LogP contribution in [0.2, 0.25) is 0 Å². The number of nitrogens with one attached hydrogen (secondary N) is 1. The van der Waals surface area contributed by atoms with Crippen molar-refractivity contribution in [2.24, 2.45) is 0 Å². The summed E-state index contributed by atoms with van der Waals surface area (Å²) in [5, 5.41) is 2.85. The van der Waals surface area contributed by atoms with Gasteiger partial charge in [0.2, 0.25) is 15.9 Å². The lowest BCUT2D eigenvalue weighted by molar-refractivity contribution is -0.116. The number of hydrogen-bond donors (Lipinski definition) is 1. The van der Waals surface area contributed by atoms with Crippen LogP contribution in [0.15, 0.2) is 47.4 Å². The van der Waals surface area contributed by atoms with E-state index in [9.17, 15) is 13.2 Å². The Morgan fingerprint density at radius 1 is 1.12 bits per heavy atom. The molecule has 0 radical (unpaired) electrons. The molecule has 2 aromatic rings. The molecule has 0 saturated heterocycles. The van der Waals surface area contributed by atoms with Gasteiger partial charge in [0.15, 0.2) is 0 Å². The number of benzene rings is 2. The first-order valence-corrected chi connectivity index (χ1v) is 11.2. The summed E-state index contributed by atoms with van der Waals surface area (Å²) in [7, 11) is -3.64. The molecule has 1 atom stereocenters. The van der Waals surface area contributed by atoms with Crippen molar-refractivity contribution in [3.63, 3.8) is 0 Å². The number of rotatable bonds is 6. The second-order valence-corrected chi connectivity index (χ2v) is 8.98. The number of amides is 1. The first kappa shape index (κ1) is 20.3. The normalized spacial score (nSPS) is 12.5. The van der Waals surface area contributed by atoms with Crippen LogP contribution >= 0.6 is 11.8 Å². The monoisotopic (exact) mass is 392 g/mol. The molecule has 0 aliphatic heterocycles. The van der Waals surface area contributed by atoms with Crippen molar-refractivity contribution >= 4 is 39.1 Å². The first-order chi connectivity index (χ1) is 12.1. The van der Waals surface area contributed by atoms with E-state index in [0.717, 1.165) is 22.3 Å². The van der Waals surface area contributed by atoms with Crippen molar-refractivity contribution in [3.8, 4) is 0 Å². The largest absolute Gasteiger partial charge is 0.323 e. The van der Waals surface area contributed by atoms with Gasteiger partial charge in [-0.3, -0.25) is 9.10 Å². The predicted molar refractivity (Wildman–Crippen MR) is 110 cm³/mol. The van der Waals surface area contributed by atoms with Gasteiger partial charge in [-0.05, 0) is 62.4 Å². The molecule has 0 fully saturated rings. The van der Waals surface area contributed by atoms with Crippen LogP contribution in [0, 0.1) is 13.8 Å². The first-order valence-electron chi connectivity index (χ1n) is 8.15. The minimum Gasteiger partial charge on any atom is -0.323 e. The van der Waals surface area contributed by atoms with Crippen molar-refractivity contribution < 1.29 is 13.2 Å². The van der Waals surface area contributed by atoms with Crippen LogP contribution in [-0.4, -0.2) is 32.9 Å². The van der Waals surface area contributed by atoms with Gasteiger partial charge in [-0.1, -0.05) is 18.2 Å². The van der Waals surface area contributed by atoms with Crippen molar-refractivity contribution in [1.82, 2.24) is 0 Å². The number of anilines is 2. The van der Waals surface area contributed by atoms with E-state index in [-0.39, 0.29) is 5.91 Å². The Labute approximate surface area is 159 Å². The molecule has 0 aliphatic carbocycles. The molecule has 0 aromatic heterocycles. The standard InChI is InChI=1S/C19H24N2O3S2/c1-13-10-14(2)12-16(11-13)21(26(5,23)24)15(3)19(22)20-17-8-6-7-9-18(17)25-4/h6-12,15H,1-5H3,(H,20,22)/t15-/m1/s1. The highest BCUT2D eigenvalue weighted by Crippen LogP contribution is 2.27. The maximum absolute atomic E-state index is 12.8. The third kappa shape index (κ3) is 4.80. The second kappa shape index (κ2) is 8.14. The van der Waals surface area contributed by atoms with Gasteiger partial charge in [0, 0.05) is 4.90 Å². The second-order valence-electron chi connectivity index (χ2n) is 6.27. The molecule has 26 heavy (non-hydrogen) atoms. The number of carbonyl (C=O) groups excluding carboxylic acids is 1. The summed E-state index contributed by atoms with van der Waals surface area (Å²) in [5.74, 6) is -0.379. The minimum absolute atomic E-state index is 0.379. The number of carbonyl (C=O) groups is 1. The van der Waals surface area contributed by atoms with Gasteiger partial charge in [-0.25, -0.2) is 8.42 Å². The van der Waals surface area contributed by atoms with E-state index in [4.69, 9.17) is 0 Å².